The maximum Gasteiger partial charge on any atom is 0.157 e. The van der Waals surface area contributed by atoms with E-state index in [9.17, 15) is 0 Å². The number of aryl methyl sites for hydroxylation is 1. The topological polar surface area (TPSA) is 54.2 Å². The van der Waals surface area contributed by atoms with Gasteiger partial charge in [0.15, 0.2) is 5.65 Å². The van der Waals surface area contributed by atoms with Crippen LogP contribution in [0.3, 0.4) is 0 Å². The average Bonchev–Trinajstić information content (AvgIpc) is 2.85. The summed E-state index contributed by atoms with van der Waals surface area (Å²) in [6.07, 6.45) is 4.12. The molecule has 2 N–H and O–H groups in total. The molecule has 19 heavy (non-hydrogen) atoms. The van der Waals surface area contributed by atoms with Gasteiger partial charge in [-0.15, -0.1) is 0 Å². The molecule has 5 heteroatoms. The third-order valence-electron chi connectivity index (χ3n) is 3.91. The summed E-state index contributed by atoms with van der Waals surface area (Å²) in [5.41, 5.74) is 2.42. The molecule has 1 unspecified atom stereocenters. The minimum atomic E-state index is 0.314. The number of anilines is 1. The third-order valence-corrected chi connectivity index (χ3v) is 3.91. The number of pyridine rings is 1. The van der Waals surface area contributed by atoms with Gasteiger partial charge >= 0.3 is 0 Å². The fraction of sp³-hybridized carbons (Fsp3) is 0.571. The van der Waals surface area contributed by atoms with Crippen LogP contribution >= 0.6 is 0 Å². The van der Waals surface area contributed by atoms with Crippen LogP contribution in [0.1, 0.15) is 25.3 Å². The van der Waals surface area contributed by atoms with Crippen LogP contribution in [0.4, 0.5) is 5.82 Å². The predicted octanol–water partition coefficient (Wildman–Crippen LogP) is 1.84. The minimum Gasteiger partial charge on any atom is -0.369 e. The largest absolute Gasteiger partial charge is 0.369 e. The van der Waals surface area contributed by atoms with Crippen molar-refractivity contribution in [3.8, 4) is 0 Å². The van der Waals surface area contributed by atoms with Gasteiger partial charge in [0.2, 0.25) is 0 Å². The Bertz CT molecular complexity index is 568. The van der Waals surface area contributed by atoms with Gasteiger partial charge in [-0.2, -0.15) is 9.61 Å². The summed E-state index contributed by atoms with van der Waals surface area (Å²) < 4.78 is 1.87. The molecule has 0 spiro atoms. The monoisotopic (exact) mass is 259 g/mol. The third kappa shape index (κ3) is 2.56. The van der Waals surface area contributed by atoms with E-state index in [0.717, 1.165) is 31.1 Å². The lowest BCUT2D eigenvalue weighted by molar-refractivity contribution is 0.253. The molecule has 0 saturated carbocycles. The number of nitrogens with zero attached hydrogens (tertiary/aromatic N) is 3. The number of piperidine rings is 1. The maximum atomic E-state index is 4.27. The second kappa shape index (κ2) is 4.81. The van der Waals surface area contributed by atoms with Crippen molar-refractivity contribution in [2.75, 3.05) is 25.0 Å². The number of fused-ring (bicyclic) bond motifs is 1. The van der Waals surface area contributed by atoms with Crippen LogP contribution in [0.5, 0.6) is 0 Å². The highest BCUT2D eigenvalue weighted by molar-refractivity contribution is 5.51. The molecule has 1 fully saturated rings. The van der Waals surface area contributed by atoms with E-state index in [2.05, 4.69) is 40.6 Å². The summed E-state index contributed by atoms with van der Waals surface area (Å²) in [6.45, 7) is 7.60. The first-order valence-electron chi connectivity index (χ1n) is 6.91. The number of rotatable bonds is 3. The molecule has 1 aliphatic heterocycles. The standard InChI is InChI=1S/C14H21N5/c1-11-6-12(19-13(7-11)17-10-18-19)16-9-14(2)4-3-5-15-8-14/h6-7,10,15-16H,3-5,8-9H2,1-2H3. The van der Waals surface area contributed by atoms with E-state index < -0.39 is 0 Å². The number of aromatic nitrogens is 3. The Balaban J connectivity index is 1.79. The minimum absolute atomic E-state index is 0.314. The van der Waals surface area contributed by atoms with Crippen molar-refractivity contribution in [2.45, 2.75) is 26.7 Å². The SMILES string of the molecule is Cc1cc(NCC2(C)CCCNC2)n2ncnc2c1. The lowest BCUT2D eigenvalue weighted by Gasteiger charge is -2.34. The van der Waals surface area contributed by atoms with E-state index in [1.54, 1.807) is 6.33 Å². The van der Waals surface area contributed by atoms with Gasteiger partial charge in [-0.25, -0.2) is 4.98 Å². The average molecular weight is 259 g/mol. The van der Waals surface area contributed by atoms with Gasteiger partial charge in [0.25, 0.3) is 0 Å². The molecule has 0 bridgehead atoms. The first kappa shape index (κ1) is 12.4. The van der Waals surface area contributed by atoms with E-state index >= 15 is 0 Å². The summed E-state index contributed by atoms with van der Waals surface area (Å²) in [6, 6.07) is 4.17. The van der Waals surface area contributed by atoms with E-state index in [0.29, 0.717) is 5.41 Å². The van der Waals surface area contributed by atoms with E-state index in [4.69, 9.17) is 0 Å². The molecule has 0 aromatic carbocycles. The molecule has 0 radical (unpaired) electrons. The van der Waals surface area contributed by atoms with E-state index in [-0.39, 0.29) is 0 Å². The number of hydrogen-bond donors (Lipinski definition) is 2. The van der Waals surface area contributed by atoms with Crippen molar-refractivity contribution in [3.05, 3.63) is 24.0 Å². The first-order chi connectivity index (χ1) is 9.16. The molecule has 3 rings (SSSR count). The lowest BCUT2D eigenvalue weighted by Crippen LogP contribution is -2.42. The molecule has 102 valence electrons. The lowest BCUT2D eigenvalue weighted by atomic mass is 9.83. The fourth-order valence-corrected chi connectivity index (χ4v) is 2.76. The van der Waals surface area contributed by atoms with Crippen LogP contribution in [0.15, 0.2) is 18.5 Å². The Morgan fingerprint density at radius 1 is 1.47 bits per heavy atom. The van der Waals surface area contributed by atoms with Gasteiger partial charge in [0, 0.05) is 13.1 Å². The Morgan fingerprint density at radius 2 is 2.37 bits per heavy atom. The molecule has 1 saturated heterocycles. The van der Waals surface area contributed by atoms with Gasteiger partial charge in [-0.3, -0.25) is 0 Å². The summed E-state index contributed by atoms with van der Waals surface area (Å²) in [5, 5.41) is 11.3. The van der Waals surface area contributed by atoms with Crippen LogP contribution < -0.4 is 10.6 Å². The summed E-state index contributed by atoms with van der Waals surface area (Å²) in [7, 11) is 0. The van der Waals surface area contributed by atoms with Gasteiger partial charge in [-0.05, 0) is 49.4 Å². The number of hydrogen-bond acceptors (Lipinski definition) is 4. The van der Waals surface area contributed by atoms with Crippen molar-refractivity contribution >= 4 is 11.5 Å². The Morgan fingerprint density at radius 3 is 3.16 bits per heavy atom. The summed E-state index contributed by atoms with van der Waals surface area (Å²) in [4.78, 5) is 4.25. The Labute approximate surface area is 113 Å². The molecule has 1 aliphatic rings. The number of nitrogens with one attached hydrogen (secondary N) is 2. The molecular formula is C14H21N5. The highest BCUT2D eigenvalue weighted by atomic mass is 15.3. The van der Waals surface area contributed by atoms with Gasteiger partial charge in [0.1, 0.15) is 12.1 Å². The zero-order valence-corrected chi connectivity index (χ0v) is 11.6. The normalized spacial score (nSPS) is 23.7. The van der Waals surface area contributed by atoms with E-state index in [1.807, 2.05) is 10.6 Å². The molecule has 2 aromatic heterocycles. The quantitative estimate of drug-likeness (QED) is 0.883. The van der Waals surface area contributed by atoms with Gasteiger partial charge < -0.3 is 10.6 Å². The van der Waals surface area contributed by atoms with Crippen molar-refractivity contribution in [1.29, 1.82) is 0 Å². The fourth-order valence-electron chi connectivity index (χ4n) is 2.76. The first-order valence-corrected chi connectivity index (χ1v) is 6.91. The Hall–Kier alpha value is -1.62. The second-order valence-corrected chi connectivity index (χ2v) is 5.89. The highest BCUT2D eigenvalue weighted by Crippen LogP contribution is 2.26. The maximum absolute atomic E-state index is 4.27. The second-order valence-electron chi connectivity index (χ2n) is 5.89. The van der Waals surface area contributed by atoms with E-state index in [1.165, 1.54) is 18.4 Å². The van der Waals surface area contributed by atoms with Crippen LogP contribution in [-0.2, 0) is 0 Å². The molecule has 1 atom stereocenters. The Kier molecular flexibility index (Phi) is 3.14. The zero-order chi connectivity index (χ0) is 13.3. The van der Waals surface area contributed by atoms with Crippen LogP contribution in [-0.4, -0.2) is 34.2 Å². The molecule has 2 aromatic rings. The molecule has 0 amide bonds. The zero-order valence-electron chi connectivity index (χ0n) is 11.6. The van der Waals surface area contributed by atoms with Crippen LogP contribution in [0.2, 0.25) is 0 Å². The summed E-state index contributed by atoms with van der Waals surface area (Å²) in [5.74, 6) is 1.03. The predicted molar refractivity (Wildman–Crippen MR) is 76.4 cm³/mol. The molecule has 0 aliphatic carbocycles. The van der Waals surface area contributed by atoms with Crippen LogP contribution in [0, 0.1) is 12.3 Å². The van der Waals surface area contributed by atoms with Crippen molar-refractivity contribution in [3.63, 3.8) is 0 Å². The summed E-state index contributed by atoms with van der Waals surface area (Å²) >= 11 is 0. The van der Waals surface area contributed by atoms with Gasteiger partial charge in [0.05, 0.1) is 0 Å². The molecule has 5 nitrogen and oxygen atoms in total. The molecular weight excluding hydrogens is 238 g/mol. The molecule has 3 heterocycles. The van der Waals surface area contributed by atoms with Crippen molar-refractivity contribution in [2.24, 2.45) is 5.41 Å². The van der Waals surface area contributed by atoms with Crippen molar-refractivity contribution < 1.29 is 0 Å². The smallest absolute Gasteiger partial charge is 0.157 e. The van der Waals surface area contributed by atoms with Crippen molar-refractivity contribution in [1.82, 2.24) is 19.9 Å². The van der Waals surface area contributed by atoms with Crippen LogP contribution in [0.25, 0.3) is 5.65 Å². The highest BCUT2D eigenvalue weighted by Gasteiger charge is 2.26. The van der Waals surface area contributed by atoms with Gasteiger partial charge in [-0.1, -0.05) is 6.92 Å².